The van der Waals surface area contributed by atoms with Gasteiger partial charge in [0.2, 0.25) is 0 Å². The third kappa shape index (κ3) is 5.84. The summed E-state index contributed by atoms with van der Waals surface area (Å²) in [7, 11) is 1.65. The molecule has 0 amide bonds. The van der Waals surface area contributed by atoms with E-state index < -0.39 is 0 Å². The molecule has 0 atom stereocenters. The summed E-state index contributed by atoms with van der Waals surface area (Å²) < 4.78 is 10.6. The van der Waals surface area contributed by atoms with E-state index in [9.17, 15) is 0 Å². The Balaban J connectivity index is 2.08. The van der Waals surface area contributed by atoms with Gasteiger partial charge in [-0.1, -0.05) is 0 Å². The smallest absolute Gasteiger partial charge is 0.119 e. The SMILES string of the molecule is C#CCCCNCCOc1ccc(OC)cc1. The van der Waals surface area contributed by atoms with Crippen molar-refractivity contribution in [2.45, 2.75) is 12.8 Å². The van der Waals surface area contributed by atoms with Crippen LogP contribution in [0.4, 0.5) is 0 Å². The van der Waals surface area contributed by atoms with E-state index in [1.165, 1.54) is 0 Å². The van der Waals surface area contributed by atoms with E-state index in [2.05, 4.69) is 11.2 Å². The van der Waals surface area contributed by atoms with E-state index in [-0.39, 0.29) is 0 Å². The molecule has 1 N–H and O–H groups in total. The highest BCUT2D eigenvalue weighted by atomic mass is 16.5. The van der Waals surface area contributed by atoms with Crippen LogP contribution in [0.25, 0.3) is 0 Å². The number of terminal acetylenes is 1. The lowest BCUT2D eigenvalue weighted by Crippen LogP contribution is -2.21. The van der Waals surface area contributed by atoms with Crippen LogP contribution in [0.3, 0.4) is 0 Å². The zero-order valence-corrected chi connectivity index (χ0v) is 10.2. The van der Waals surface area contributed by atoms with Crippen molar-refractivity contribution in [3.63, 3.8) is 0 Å². The fourth-order valence-corrected chi connectivity index (χ4v) is 1.35. The number of hydrogen-bond donors (Lipinski definition) is 1. The number of ether oxygens (including phenoxy) is 2. The Bertz CT molecular complexity index is 340. The monoisotopic (exact) mass is 233 g/mol. The normalized spacial score (nSPS) is 9.65. The molecule has 0 aliphatic carbocycles. The van der Waals surface area contributed by atoms with Crippen LogP contribution >= 0.6 is 0 Å². The van der Waals surface area contributed by atoms with Crippen molar-refractivity contribution < 1.29 is 9.47 Å². The third-order valence-corrected chi connectivity index (χ3v) is 2.28. The average molecular weight is 233 g/mol. The molecule has 0 aliphatic rings. The summed E-state index contributed by atoms with van der Waals surface area (Å²) in [6, 6.07) is 7.57. The highest BCUT2D eigenvalue weighted by Crippen LogP contribution is 2.16. The van der Waals surface area contributed by atoms with Gasteiger partial charge in [-0.3, -0.25) is 0 Å². The summed E-state index contributed by atoms with van der Waals surface area (Å²) in [6.07, 6.45) is 7.00. The standard InChI is InChI=1S/C14H19NO2/c1-3-4-5-10-15-11-12-17-14-8-6-13(16-2)7-9-14/h1,6-9,15H,4-5,10-12H2,2H3. The molecule has 0 bridgehead atoms. The molecule has 0 aliphatic heterocycles. The number of rotatable bonds is 8. The minimum atomic E-state index is 0.655. The van der Waals surface area contributed by atoms with Crippen molar-refractivity contribution in [2.75, 3.05) is 26.8 Å². The molecule has 0 radical (unpaired) electrons. The molecule has 0 fully saturated rings. The molecule has 0 aromatic heterocycles. The topological polar surface area (TPSA) is 30.5 Å². The Hall–Kier alpha value is -1.66. The second-order valence-corrected chi connectivity index (χ2v) is 3.58. The fraction of sp³-hybridized carbons (Fsp3) is 0.429. The van der Waals surface area contributed by atoms with Gasteiger partial charge in [-0.25, -0.2) is 0 Å². The first-order chi connectivity index (χ1) is 8.36. The Morgan fingerprint density at radius 3 is 2.53 bits per heavy atom. The molecular weight excluding hydrogens is 214 g/mol. The second-order valence-electron chi connectivity index (χ2n) is 3.58. The van der Waals surface area contributed by atoms with Crippen LogP contribution < -0.4 is 14.8 Å². The molecule has 0 saturated heterocycles. The molecule has 1 rings (SSSR count). The summed E-state index contributed by atoms with van der Waals surface area (Å²) in [4.78, 5) is 0. The zero-order chi connectivity index (χ0) is 12.3. The van der Waals surface area contributed by atoms with Crippen molar-refractivity contribution in [3.05, 3.63) is 24.3 Å². The third-order valence-electron chi connectivity index (χ3n) is 2.28. The molecule has 1 aromatic rings. The number of methoxy groups -OCH3 is 1. The van der Waals surface area contributed by atoms with Gasteiger partial charge in [-0.05, 0) is 37.2 Å². The van der Waals surface area contributed by atoms with E-state index in [1.54, 1.807) is 7.11 Å². The van der Waals surface area contributed by atoms with Gasteiger partial charge in [0, 0.05) is 13.0 Å². The minimum Gasteiger partial charge on any atom is -0.497 e. The van der Waals surface area contributed by atoms with E-state index in [0.29, 0.717) is 6.61 Å². The number of unbranched alkanes of at least 4 members (excludes halogenated alkanes) is 1. The van der Waals surface area contributed by atoms with E-state index in [4.69, 9.17) is 15.9 Å². The van der Waals surface area contributed by atoms with Crippen LogP contribution in [-0.2, 0) is 0 Å². The molecular formula is C14H19NO2. The summed E-state index contributed by atoms with van der Waals surface area (Å²) in [5, 5.41) is 3.27. The van der Waals surface area contributed by atoms with Crippen molar-refractivity contribution in [3.8, 4) is 23.8 Å². The van der Waals surface area contributed by atoms with Crippen LogP contribution in [-0.4, -0.2) is 26.8 Å². The molecule has 3 nitrogen and oxygen atoms in total. The van der Waals surface area contributed by atoms with Crippen LogP contribution in [0.2, 0.25) is 0 Å². The van der Waals surface area contributed by atoms with Crippen molar-refractivity contribution in [1.29, 1.82) is 0 Å². The van der Waals surface area contributed by atoms with E-state index in [0.717, 1.165) is 37.4 Å². The van der Waals surface area contributed by atoms with E-state index in [1.807, 2.05) is 24.3 Å². The minimum absolute atomic E-state index is 0.655. The summed E-state index contributed by atoms with van der Waals surface area (Å²) in [6.45, 7) is 2.43. The maximum Gasteiger partial charge on any atom is 0.119 e. The summed E-state index contributed by atoms with van der Waals surface area (Å²) >= 11 is 0. The second kappa shape index (κ2) is 8.49. The fourth-order valence-electron chi connectivity index (χ4n) is 1.35. The maximum absolute atomic E-state index is 5.55. The maximum atomic E-state index is 5.55. The summed E-state index contributed by atoms with van der Waals surface area (Å²) in [5.41, 5.74) is 0. The van der Waals surface area contributed by atoms with Crippen LogP contribution in [0.1, 0.15) is 12.8 Å². The number of benzene rings is 1. The molecule has 0 heterocycles. The largest absolute Gasteiger partial charge is 0.497 e. The Morgan fingerprint density at radius 2 is 1.88 bits per heavy atom. The Morgan fingerprint density at radius 1 is 1.18 bits per heavy atom. The highest BCUT2D eigenvalue weighted by molar-refractivity contribution is 5.31. The van der Waals surface area contributed by atoms with Crippen LogP contribution in [0.5, 0.6) is 11.5 Å². The van der Waals surface area contributed by atoms with Gasteiger partial charge in [-0.15, -0.1) is 12.3 Å². The van der Waals surface area contributed by atoms with Crippen molar-refractivity contribution in [2.24, 2.45) is 0 Å². The van der Waals surface area contributed by atoms with Gasteiger partial charge in [0.1, 0.15) is 18.1 Å². The first kappa shape index (κ1) is 13.4. The number of hydrogen-bond acceptors (Lipinski definition) is 3. The highest BCUT2D eigenvalue weighted by Gasteiger charge is 1.94. The van der Waals surface area contributed by atoms with Gasteiger partial charge in [0.15, 0.2) is 0 Å². The van der Waals surface area contributed by atoms with Gasteiger partial charge >= 0.3 is 0 Å². The quantitative estimate of drug-likeness (QED) is 0.551. The Labute approximate surface area is 103 Å². The number of nitrogens with one attached hydrogen (secondary N) is 1. The Kier molecular flexibility index (Phi) is 6.69. The van der Waals surface area contributed by atoms with Crippen molar-refractivity contribution in [1.82, 2.24) is 5.32 Å². The lowest BCUT2D eigenvalue weighted by atomic mass is 10.3. The molecule has 3 heteroatoms. The molecule has 92 valence electrons. The first-order valence-corrected chi connectivity index (χ1v) is 5.78. The molecule has 17 heavy (non-hydrogen) atoms. The van der Waals surface area contributed by atoms with Gasteiger partial charge in [0.25, 0.3) is 0 Å². The molecule has 0 unspecified atom stereocenters. The van der Waals surface area contributed by atoms with Crippen molar-refractivity contribution >= 4 is 0 Å². The van der Waals surface area contributed by atoms with E-state index >= 15 is 0 Å². The van der Waals surface area contributed by atoms with Crippen LogP contribution in [0, 0.1) is 12.3 Å². The summed E-state index contributed by atoms with van der Waals surface area (Å²) in [5.74, 6) is 4.31. The molecule has 0 spiro atoms. The first-order valence-electron chi connectivity index (χ1n) is 5.78. The van der Waals surface area contributed by atoms with Gasteiger partial charge in [0.05, 0.1) is 7.11 Å². The van der Waals surface area contributed by atoms with Crippen LogP contribution in [0.15, 0.2) is 24.3 Å². The predicted octanol–water partition coefficient (Wildman–Crippen LogP) is 2.08. The zero-order valence-electron chi connectivity index (χ0n) is 10.2. The van der Waals surface area contributed by atoms with Gasteiger partial charge < -0.3 is 14.8 Å². The predicted molar refractivity (Wildman–Crippen MR) is 69.4 cm³/mol. The lowest BCUT2D eigenvalue weighted by molar-refractivity contribution is 0.313. The average Bonchev–Trinajstić information content (AvgIpc) is 2.38. The van der Waals surface area contributed by atoms with Gasteiger partial charge in [-0.2, -0.15) is 0 Å². The lowest BCUT2D eigenvalue weighted by Gasteiger charge is -2.07. The molecule has 0 saturated carbocycles. The molecule has 1 aromatic carbocycles.